The Morgan fingerprint density at radius 1 is 1.44 bits per heavy atom. The third-order valence-corrected chi connectivity index (χ3v) is 3.52. The van der Waals surface area contributed by atoms with E-state index in [1.807, 2.05) is 19.2 Å². The minimum atomic E-state index is -0.866. The van der Waals surface area contributed by atoms with E-state index in [1.165, 1.54) is 18.4 Å². The molecule has 98 valence electrons. The molecule has 2 N–H and O–H groups in total. The molecule has 4 nitrogen and oxygen atoms in total. The molecule has 1 saturated heterocycles. The molecule has 1 aliphatic rings. The normalized spacial score (nSPS) is 20.8. The maximum absolute atomic E-state index is 10.8. The van der Waals surface area contributed by atoms with Crippen LogP contribution in [0.15, 0.2) is 24.3 Å². The Kier molecular flexibility index (Phi) is 4.33. The first-order valence-corrected chi connectivity index (χ1v) is 6.41. The molecule has 1 aliphatic heterocycles. The molecule has 4 heteroatoms. The van der Waals surface area contributed by atoms with E-state index >= 15 is 0 Å². The fourth-order valence-corrected chi connectivity index (χ4v) is 2.45. The van der Waals surface area contributed by atoms with Crippen LogP contribution in [-0.4, -0.2) is 42.2 Å². The molecule has 0 spiro atoms. The van der Waals surface area contributed by atoms with E-state index in [4.69, 9.17) is 5.11 Å². The minimum absolute atomic E-state index is 0.352. The third-order valence-electron chi connectivity index (χ3n) is 3.52. The van der Waals surface area contributed by atoms with Gasteiger partial charge in [0, 0.05) is 19.1 Å². The van der Waals surface area contributed by atoms with Crippen molar-refractivity contribution in [3.8, 4) is 0 Å². The predicted molar refractivity (Wildman–Crippen MR) is 70.8 cm³/mol. The van der Waals surface area contributed by atoms with Gasteiger partial charge in [-0.3, -0.25) is 4.90 Å². The van der Waals surface area contributed by atoms with Crippen LogP contribution in [0.3, 0.4) is 0 Å². The molecular weight excluding hydrogens is 228 g/mol. The summed E-state index contributed by atoms with van der Waals surface area (Å²) in [4.78, 5) is 13.2. The number of rotatable bonds is 4. The lowest BCUT2D eigenvalue weighted by Crippen LogP contribution is -2.43. The summed E-state index contributed by atoms with van der Waals surface area (Å²) in [5.41, 5.74) is 1.53. The van der Waals surface area contributed by atoms with Crippen molar-refractivity contribution in [3.05, 3.63) is 35.4 Å². The van der Waals surface area contributed by atoms with Gasteiger partial charge in [-0.05, 0) is 44.1 Å². The number of likely N-dealkylation sites (N-methyl/N-ethyl adjacent to an activating group) is 1. The molecule has 1 aromatic carbocycles. The average Bonchev–Trinajstić information content (AvgIpc) is 2.39. The van der Waals surface area contributed by atoms with Gasteiger partial charge in [0.15, 0.2) is 0 Å². The molecule has 0 aromatic heterocycles. The average molecular weight is 248 g/mol. The number of likely N-dealkylation sites (tertiary alicyclic amines) is 1. The third kappa shape index (κ3) is 3.31. The van der Waals surface area contributed by atoms with Gasteiger partial charge in [-0.15, -0.1) is 0 Å². The van der Waals surface area contributed by atoms with Gasteiger partial charge in [0.05, 0.1) is 5.56 Å². The van der Waals surface area contributed by atoms with Crippen molar-refractivity contribution in [1.82, 2.24) is 10.2 Å². The highest BCUT2D eigenvalue weighted by atomic mass is 16.4. The van der Waals surface area contributed by atoms with E-state index in [0.29, 0.717) is 11.6 Å². The van der Waals surface area contributed by atoms with Crippen LogP contribution < -0.4 is 5.32 Å². The van der Waals surface area contributed by atoms with Crippen molar-refractivity contribution in [1.29, 1.82) is 0 Å². The Labute approximate surface area is 108 Å². The summed E-state index contributed by atoms with van der Waals surface area (Å²) in [6.07, 6.45) is 2.46. The topological polar surface area (TPSA) is 52.6 Å². The van der Waals surface area contributed by atoms with Gasteiger partial charge in [0.2, 0.25) is 0 Å². The van der Waals surface area contributed by atoms with Gasteiger partial charge in [-0.2, -0.15) is 0 Å². The van der Waals surface area contributed by atoms with Crippen LogP contribution in [0.4, 0.5) is 0 Å². The number of aromatic carboxylic acids is 1. The zero-order valence-electron chi connectivity index (χ0n) is 10.7. The predicted octanol–water partition coefficient (Wildman–Crippen LogP) is 1.57. The monoisotopic (exact) mass is 248 g/mol. The number of nitrogens with zero attached hydrogens (tertiary/aromatic N) is 1. The van der Waals surface area contributed by atoms with Gasteiger partial charge >= 0.3 is 5.97 Å². The van der Waals surface area contributed by atoms with Crippen molar-refractivity contribution in [2.45, 2.75) is 25.4 Å². The van der Waals surface area contributed by atoms with E-state index < -0.39 is 5.97 Å². The standard InChI is InChI=1S/C14H20N2O2/c1-15-13-3-2-8-16(10-13)9-11-4-6-12(7-5-11)14(17)18/h4-7,13,15H,2-3,8-10H2,1H3,(H,17,18)/t13-/m1/s1. The number of hydrogen-bond donors (Lipinski definition) is 2. The van der Waals surface area contributed by atoms with E-state index in [1.54, 1.807) is 12.1 Å². The molecule has 0 unspecified atom stereocenters. The van der Waals surface area contributed by atoms with Crippen LogP contribution in [0.1, 0.15) is 28.8 Å². The quantitative estimate of drug-likeness (QED) is 0.849. The van der Waals surface area contributed by atoms with Crippen molar-refractivity contribution < 1.29 is 9.90 Å². The molecule has 1 atom stereocenters. The molecule has 1 aromatic rings. The molecule has 0 amide bonds. The molecule has 0 saturated carbocycles. The maximum Gasteiger partial charge on any atom is 0.335 e. The maximum atomic E-state index is 10.8. The van der Waals surface area contributed by atoms with Crippen LogP contribution in [0.2, 0.25) is 0 Å². The number of hydrogen-bond acceptors (Lipinski definition) is 3. The largest absolute Gasteiger partial charge is 0.478 e. The first kappa shape index (κ1) is 13.1. The molecule has 2 rings (SSSR count). The molecule has 18 heavy (non-hydrogen) atoms. The fraction of sp³-hybridized carbons (Fsp3) is 0.500. The van der Waals surface area contributed by atoms with E-state index in [9.17, 15) is 4.79 Å². The highest BCUT2D eigenvalue weighted by Gasteiger charge is 2.18. The van der Waals surface area contributed by atoms with Crippen molar-refractivity contribution in [2.24, 2.45) is 0 Å². The molecule has 0 radical (unpaired) electrons. The molecule has 1 fully saturated rings. The highest BCUT2D eigenvalue weighted by Crippen LogP contribution is 2.14. The van der Waals surface area contributed by atoms with E-state index in [2.05, 4.69) is 10.2 Å². The number of piperidine rings is 1. The fourth-order valence-electron chi connectivity index (χ4n) is 2.45. The second-order valence-corrected chi connectivity index (χ2v) is 4.87. The Bertz CT molecular complexity index is 403. The SMILES string of the molecule is CN[C@@H]1CCCN(Cc2ccc(C(=O)O)cc2)C1. The lowest BCUT2D eigenvalue weighted by molar-refractivity contribution is 0.0697. The molecular formula is C14H20N2O2. The number of carbonyl (C=O) groups is 1. The highest BCUT2D eigenvalue weighted by molar-refractivity contribution is 5.87. The van der Waals surface area contributed by atoms with Crippen molar-refractivity contribution >= 4 is 5.97 Å². The second-order valence-electron chi connectivity index (χ2n) is 4.87. The van der Waals surface area contributed by atoms with Crippen LogP contribution in [0.5, 0.6) is 0 Å². The van der Waals surface area contributed by atoms with E-state index in [-0.39, 0.29) is 0 Å². The Balaban J connectivity index is 1.94. The zero-order valence-corrected chi connectivity index (χ0v) is 10.7. The van der Waals surface area contributed by atoms with Gasteiger partial charge in [-0.1, -0.05) is 12.1 Å². The van der Waals surface area contributed by atoms with E-state index in [0.717, 1.165) is 19.6 Å². The summed E-state index contributed by atoms with van der Waals surface area (Å²) >= 11 is 0. The first-order valence-electron chi connectivity index (χ1n) is 6.41. The first-order chi connectivity index (χ1) is 8.69. The van der Waals surface area contributed by atoms with Crippen LogP contribution in [0.25, 0.3) is 0 Å². The number of nitrogens with one attached hydrogen (secondary N) is 1. The van der Waals surface area contributed by atoms with Crippen LogP contribution in [0, 0.1) is 0 Å². The number of carboxylic acids is 1. The number of carboxylic acid groups (broad SMARTS) is 1. The lowest BCUT2D eigenvalue weighted by atomic mass is 10.0. The second kappa shape index (κ2) is 5.98. The summed E-state index contributed by atoms with van der Waals surface area (Å²) in [5, 5.41) is 12.2. The Morgan fingerprint density at radius 2 is 2.17 bits per heavy atom. The molecule has 0 aliphatic carbocycles. The van der Waals surface area contributed by atoms with Crippen molar-refractivity contribution in [2.75, 3.05) is 20.1 Å². The minimum Gasteiger partial charge on any atom is -0.478 e. The summed E-state index contributed by atoms with van der Waals surface area (Å²) in [5.74, 6) is -0.866. The van der Waals surface area contributed by atoms with Gasteiger partial charge < -0.3 is 10.4 Å². The van der Waals surface area contributed by atoms with Crippen LogP contribution >= 0.6 is 0 Å². The Hall–Kier alpha value is -1.39. The van der Waals surface area contributed by atoms with Gasteiger partial charge in [0.1, 0.15) is 0 Å². The van der Waals surface area contributed by atoms with Crippen LogP contribution in [-0.2, 0) is 6.54 Å². The Morgan fingerprint density at radius 3 is 2.78 bits per heavy atom. The summed E-state index contributed by atoms with van der Waals surface area (Å²) < 4.78 is 0. The van der Waals surface area contributed by atoms with Crippen molar-refractivity contribution in [3.63, 3.8) is 0 Å². The summed E-state index contributed by atoms with van der Waals surface area (Å²) in [6.45, 7) is 3.09. The molecule has 0 bridgehead atoms. The summed E-state index contributed by atoms with van der Waals surface area (Å²) in [7, 11) is 2.01. The smallest absolute Gasteiger partial charge is 0.335 e. The summed E-state index contributed by atoms with van der Waals surface area (Å²) in [6, 6.07) is 7.75. The lowest BCUT2D eigenvalue weighted by Gasteiger charge is -2.32. The zero-order chi connectivity index (χ0) is 13.0. The van der Waals surface area contributed by atoms with Gasteiger partial charge in [-0.25, -0.2) is 4.79 Å². The van der Waals surface area contributed by atoms with Gasteiger partial charge in [0.25, 0.3) is 0 Å². The number of benzene rings is 1. The molecule has 1 heterocycles.